The van der Waals surface area contributed by atoms with Crippen molar-refractivity contribution in [2.45, 2.75) is 23.3 Å². The number of hydrogen-bond acceptors (Lipinski definition) is 6. The molecule has 0 bridgehead atoms. The number of rotatable bonds is 6. The Balaban J connectivity index is 2.41. The van der Waals surface area contributed by atoms with Gasteiger partial charge < -0.3 is 0 Å². The van der Waals surface area contributed by atoms with E-state index >= 15 is 0 Å². The molecule has 2 aromatic rings. The summed E-state index contributed by atoms with van der Waals surface area (Å²) in [5.41, 5.74) is 0.913. The number of nitrogens with one attached hydrogen (secondary N) is 1. The smallest absolute Gasteiger partial charge is 0.243 e. The van der Waals surface area contributed by atoms with Crippen LogP contribution in [0.25, 0.3) is 0 Å². The molecule has 7 nitrogen and oxygen atoms in total. The summed E-state index contributed by atoms with van der Waals surface area (Å²) < 4.78 is 64.7. The zero-order chi connectivity index (χ0) is 20.4. The first-order valence-electron chi connectivity index (χ1n) is 7.54. The second-order valence-corrected chi connectivity index (χ2v) is 9.80. The Hall–Kier alpha value is -1.88. The number of benzene rings is 1. The lowest BCUT2D eigenvalue weighted by Crippen LogP contribution is -2.25. The molecule has 0 saturated heterocycles. The summed E-state index contributed by atoms with van der Waals surface area (Å²) in [6, 6.07) is 6.21. The van der Waals surface area contributed by atoms with Gasteiger partial charge in [-0.3, -0.25) is 9.98 Å². The molecule has 0 aliphatic rings. The number of aliphatic imine (C=N–C) groups is 1. The summed E-state index contributed by atoms with van der Waals surface area (Å²) in [6.07, 6.45) is 1.03. The van der Waals surface area contributed by atoms with Crippen LogP contribution in [0, 0.1) is 5.82 Å². The molecule has 2 rings (SSSR count). The molecule has 0 atom stereocenters. The molecule has 0 aliphatic heterocycles. The van der Waals surface area contributed by atoms with Crippen LogP contribution in [-0.2, 0) is 26.4 Å². The van der Waals surface area contributed by atoms with E-state index in [-0.39, 0.29) is 22.2 Å². The van der Waals surface area contributed by atoms with Crippen molar-refractivity contribution < 1.29 is 21.2 Å². The first kappa shape index (κ1) is 21.4. The molecule has 27 heavy (non-hydrogen) atoms. The molecule has 146 valence electrons. The van der Waals surface area contributed by atoms with Gasteiger partial charge in [0.05, 0.1) is 33.6 Å². The summed E-state index contributed by atoms with van der Waals surface area (Å²) in [7, 11) is -6.26. The van der Waals surface area contributed by atoms with E-state index in [9.17, 15) is 21.2 Å². The van der Waals surface area contributed by atoms with Crippen LogP contribution in [0.15, 0.2) is 45.1 Å². The normalized spacial score (nSPS) is 13.0. The van der Waals surface area contributed by atoms with E-state index in [1.165, 1.54) is 31.3 Å². The molecule has 1 N–H and O–H groups in total. The number of sulfone groups is 1. The van der Waals surface area contributed by atoms with Gasteiger partial charge in [-0.15, -0.1) is 0 Å². The number of sulfonamides is 1. The summed E-state index contributed by atoms with van der Waals surface area (Å²) >= 11 is 5.62. The molecule has 0 fully saturated rings. The average Bonchev–Trinajstić information content (AvgIpc) is 2.60. The highest BCUT2D eigenvalue weighted by Crippen LogP contribution is 2.22. The van der Waals surface area contributed by atoms with Gasteiger partial charge in [-0.05, 0) is 31.2 Å². The largest absolute Gasteiger partial charge is 0.291 e. The quantitative estimate of drug-likeness (QED) is 0.703. The minimum atomic E-state index is -4.23. The molecule has 0 spiro atoms. The molecule has 1 heterocycles. The van der Waals surface area contributed by atoms with E-state index in [1.807, 2.05) is 0 Å². The molecule has 0 saturated carbocycles. The summed E-state index contributed by atoms with van der Waals surface area (Å²) in [5, 5.41) is -0.327. The lowest BCUT2D eigenvalue weighted by molar-refractivity contribution is 0.556. The number of halogens is 2. The first-order valence-corrected chi connectivity index (χ1v) is 11.3. The lowest BCUT2D eigenvalue weighted by atomic mass is 10.2. The maximum absolute atomic E-state index is 14.0. The second kappa shape index (κ2) is 8.01. The second-order valence-electron chi connectivity index (χ2n) is 5.64. The standard InChI is InChI=1S/C16H17ClFN3O4S2/c1-10(19-2)14-8-12(26(3,22)23)7-11(21-14)9-20-27(24,25)15-6-4-5-13(17)16(15)18/h4-8,20H,9H2,1-3H3. The van der Waals surface area contributed by atoms with Crippen molar-refractivity contribution in [2.75, 3.05) is 13.3 Å². The predicted molar refractivity (Wildman–Crippen MR) is 101 cm³/mol. The van der Waals surface area contributed by atoms with Gasteiger partial charge in [0.2, 0.25) is 10.0 Å². The fourth-order valence-electron chi connectivity index (χ4n) is 2.10. The number of pyridine rings is 1. The van der Waals surface area contributed by atoms with Crippen molar-refractivity contribution in [3.8, 4) is 0 Å². The monoisotopic (exact) mass is 433 g/mol. The van der Waals surface area contributed by atoms with Crippen molar-refractivity contribution in [3.63, 3.8) is 0 Å². The Kier molecular flexibility index (Phi) is 6.35. The Bertz CT molecular complexity index is 1120. The van der Waals surface area contributed by atoms with Gasteiger partial charge >= 0.3 is 0 Å². The van der Waals surface area contributed by atoms with Gasteiger partial charge in [-0.1, -0.05) is 17.7 Å². The molecule has 0 amide bonds. The third-order valence-electron chi connectivity index (χ3n) is 3.64. The van der Waals surface area contributed by atoms with Crippen LogP contribution in [0.1, 0.15) is 18.3 Å². The summed E-state index contributed by atoms with van der Waals surface area (Å²) in [6.45, 7) is 1.30. The molecule has 0 radical (unpaired) electrons. The molecule has 1 aromatic carbocycles. The van der Waals surface area contributed by atoms with E-state index in [2.05, 4.69) is 14.7 Å². The third kappa shape index (κ3) is 5.10. The maximum Gasteiger partial charge on any atom is 0.243 e. The summed E-state index contributed by atoms with van der Waals surface area (Å²) in [4.78, 5) is 7.53. The molecule has 0 aliphatic carbocycles. The Morgan fingerprint density at radius 2 is 1.93 bits per heavy atom. The topological polar surface area (TPSA) is 106 Å². The van der Waals surface area contributed by atoms with Crippen molar-refractivity contribution in [2.24, 2.45) is 4.99 Å². The van der Waals surface area contributed by atoms with Crippen molar-refractivity contribution in [3.05, 3.63) is 52.6 Å². The Morgan fingerprint density at radius 1 is 1.26 bits per heavy atom. The molecule has 11 heteroatoms. The zero-order valence-corrected chi connectivity index (χ0v) is 17.1. The molecule has 0 unspecified atom stereocenters. The zero-order valence-electron chi connectivity index (χ0n) is 14.7. The maximum atomic E-state index is 14.0. The van der Waals surface area contributed by atoms with E-state index in [0.29, 0.717) is 11.4 Å². The Morgan fingerprint density at radius 3 is 2.52 bits per heavy atom. The highest BCUT2D eigenvalue weighted by molar-refractivity contribution is 7.90. The van der Waals surface area contributed by atoms with E-state index in [1.54, 1.807) is 6.92 Å². The minimum Gasteiger partial charge on any atom is -0.291 e. The van der Waals surface area contributed by atoms with Crippen LogP contribution in [0.4, 0.5) is 4.39 Å². The molecule has 1 aromatic heterocycles. The van der Waals surface area contributed by atoms with E-state index < -0.39 is 30.6 Å². The molecular weight excluding hydrogens is 417 g/mol. The van der Waals surface area contributed by atoms with Crippen LogP contribution >= 0.6 is 11.6 Å². The van der Waals surface area contributed by atoms with E-state index in [4.69, 9.17) is 11.6 Å². The van der Waals surface area contributed by atoms with Crippen LogP contribution in [0.5, 0.6) is 0 Å². The summed E-state index contributed by atoms with van der Waals surface area (Å²) in [5.74, 6) is -1.07. The lowest BCUT2D eigenvalue weighted by Gasteiger charge is -2.10. The first-order chi connectivity index (χ1) is 12.5. The van der Waals surface area contributed by atoms with Gasteiger partial charge in [0.25, 0.3) is 0 Å². The van der Waals surface area contributed by atoms with Gasteiger partial charge in [-0.25, -0.2) is 25.9 Å². The highest BCUT2D eigenvalue weighted by Gasteiger charge is 2.21. The van der Waals surface area contributed by atoms with Gasteiger partial charge in [0.1, 0.15) is 4.90 Å². The van der Waals surface area contributed by atoms with E-state index in [0.717, 1.165) is 12.3 Å². The number of hydrogen-bond donors (Lipinski definition) is 1. The SMILES string of the molecule is CN=C(C)c1cc(S(C)(=O)=O)cc(CNS(=O)(=O)c2cccc(Cl)c2F)n1. The van der Waals surface area contributed by atoms with Gasteiger partial charge in [-0.2, -0.15) is 0 Å². The minimum absolute atomic E-state index is 0.0290. The molecular formula is C16H17ClFN3O4S2. The van der Waals surface area contributed by atoms with Gasteiger partial charge in [0.15, 0.2) is 15.7 Å². The highest BCUT2D eigenvalue weighted by atomic mass is 35.5. The Labute approximate surface area is 162 Å². The van der Waals surface area contributed by atoms with Crippen molar-refractivity contribution >= 4 is 37.2 Å². The fraction of sp³-hybridized carbons (Fsp3) is 0.250. The number of nitrogens with zero attached hydrogens (tertiary/aromatic N) is 2. The van der Waals surface area contributed by atoms with Crippen LogP contribution < -0.4 is 4.72 Å². The predicted octanol–water partition coefficient (Wildman–Crippen LogP) is 2.19. The van der Waals surface area contributed by atoms with Crippen molar-refractivity contribution in [1.82, 2.24) is 9.71 Å². The van der Waals surface area contributed by atoms with Gasteiger partial charge in [0, 0.05) is 13.3 Å². The number of aromatic nitrogens is 1. The van der Waals surface area contributed by atoms with Crippen LogP contribution in [0.3, 0.4) is 0 Å². The van der Waals surface area contributed by atoms with Crippen LogP contribution in [-0.4, -0.2) is 40.8 Å². The van der Waals surface area contributed by atoms with Crippen molar-refractivity contribution in [1.29, 1.82) is 0 Å². The average molecular weight is 434 g/mol. The fourth-order valence-corrected chi connectivity index (χ4v) is 4.11. The van der Waals surface area contributed by atoms with Crippen LogP contribution in [0.2, 0.25) is 5.02 Å². The third-order valence-corrected chi connectivity index (χ3v) is 6.44.